The molecule has 0 fully saturated rings. The molecule has 0 bridgehead atoms. The number of rotatable bonds is 7. The molecule has 2 rings (SSSR count). The van der Waals surface area contributed by atoms with Gasteiger partial charge in [-0.25, -0.2) is 4.83 Å². The molecule has 0 atom stereocenters. The molecule has 0 saturated heterocycles. The SMILES string of the molecule is CCOc1cc(/C=N\NS(=O)(=O)c2ccc(C)cc2)cc(I)c1OC(C)=O. The molecule has 2 aromatic carbocycles. The molecule has 9 heteroatoms. The number of benzene rings is 2. The van der Waals surface area contributed by atoms with Crippen molar-refractivity contribution >= 4 is 44.8 Å². The maximum Gasteiger partial charge on any atom is 0.308 e. The number of esters is 1. The van der Waals surface area contributed by atoms with Gasteiger partial charge in [0.2, 0.25) is 0 Å². The van der Waals surface area contributed by atoms with E-state index in [0.717, 1.165) is 5.56 Å². The average Bonchev–Trinajstić information content (AvgIpc) is 2.58. The summed E-state index contributed by atoms with van der Waals surface area (Å²) in [4.78, 5) is 13.6. The van der Waals surface area contributed by atoms with E-state index in [1.54, 1.807) is 31.2 Å². The molecule has 0 radical (unpaired) electrons. The van der Waals surface area contributed by atoms with Gasteiger partial charge in [0.25, 0.3) is 10.0 Å². The molecular weight excluding hydrogens is 483 g/mol. The second-order valence-electron chi connectivity index (χ2n) is 5.52. The zero-order chi connectivity index (χ0) is 20.0. The van der Waals surface area contributed by atoms with E-state index in [-0.39, 0.29) is 4.90 Å². The van der Waals surface area contributed by atoms with Gasteiger partial charge in [-0.3, -0.25) is 4.79 Å². The first-order valence-corrected chi connectivity index (χ1v) is 10.6. The Kier molecular flexibility index (Phi) is 7.19. The van der Waals surface area contributed by atoms with Crippen molar-refractivity contribution < 1.29 is 22.7 Å². The summed E-state index contributed by atoms with van der Waals surface area (Å²) in [6.07, 6.45) is 1.36. The number of carbonyl (C=O) groups excluding carboxylic acids is 1. The molecule has 0 heterocycles. The van der Waals surface area contributed by atoms with Crippen LogP contribution in [-0.2, 0) is 14.8 Å². The monoisotopic (exact) mass is 502 g/mol. The molecule has 0 aromatic heterocycles. The zero-order valence-corrected chi connectivity index (χ0v) is 18.0. The Balaban J connectivity index is 2.23. The first kappa shape index (κ1) is 21.2. The van der Waals surface area contributed by atoms with Crippen LogP contribution in [0.1, 0.15) is 25.0 Å². The molecule has 27 heavy (non-hydrogen) atoms. The lowest BCUT2D eigenvalue weighted by molar-refractivity contribution is -0.132. The van der Waals surface area contributed by atoms with Gasteiger partial charge in [0, 0.05) is 6.92 Å². The predicted octanol–water partition coefficient (Wildman–Crippen LogP) is 3.24. The van der Waals surface area contributed by atoms with Gasteiger partial charge in [-0.15, -0.1) is 0 Å². The van der Waals surface area contributed by atoms with E-state index >= 15 is 0 Å². The van der Waals surface area contributed by atoms with Gasteiger partial charge in [-0.2, -0.15) is 13.5 Å². The van der Waals surface area contributed by atoms with Crippen LogP contribution in [0.5, 0.6) is 11.5 Å². The highest BCUT2D eigenvalue weighted by molar-refractivity contribution is 14.1. The van der Waals surface area contributed by atoms with Crippen LogP contribution in [0.15, 0.2) is 46.4 Å². The van der Waals surface area contributed by atoms with E-state index in [0.29, 0.717) is 27.2 Å². The second-order valence-corrected chi connectivity index (χ2v) is 8.35. The fourth-order valence-corrected chi connectivity index (χ4v) is 3.64. The van der Waals surface area contributed by atoms with Gasteiger partial charge in [0.15, 0.2) is 11.5 Å². The molecule has 1 N–H and O–H groups in total. The average molecular weight is 502 g/mol. The number of hydrogen-bond acceptors (Lipinski definition) is 6. The van der Waals surface area contributed by atoms with Crippen LogP contribution in [-0.4, -0.2) is 27.2 Å². The van der Waals surface area contributed by atoms with Gasteiger partial charge in [-0.1, -0.05) is 17.7 Å². The van der Waals surface area contributed by atoms with E-state index in [1.807, 2.05) is 29.5 Å². The van der Waals surface area contributed by atoms with Crippen molar-refractivity contribution in [3.63, 3.8) is 0 Å². The summed E-state index contributed by atoms with van der Waals surface area (Å²) in [5, 5.41) is 3.82. The van der Waals surface area contributed by atoms with Gasteiger partial charge in [-0.05, 0) is 66.3 Å². The molecule has 0 spiro atoms. The number of carbonyl (C=O) groups is 1. The lowest BCUT2D eigenvalue weighted by Crippen LogP contribution is -2.18. The summed E-state index contributed by atoms with van der Waals surface area (Å²) < 4.78 is 35.8. The Morgan fingerprint density at radius 2 is 1.93 bits per heavy atom. The number of hydrogen-bond donors (Lipinski definition) is 1. The fraction of sp³-hybridized carbons (Fsp3) is 0.222. The van der Waals surface area contributed by atoms with Crippen LogP contribution in [0, 0.1) is 10.5 Å². The molecule has 144 valence electrons. The number of aryl methyl sites for hydroxylation is 1. The quantitative estimate of drug-likeness (QED) is 0.206. The Labute approximate surface area is 172 Å². The number of nitrogens with one attached hydrogen (secondary N) is 1. The number of hydrazone groups is 1. The Morgan fingerprint density at radius 3 is 2.52 bits per heavy atom. The van der Waals surface area contributed by atoms with Crippen molar-refractivity contribution in [3.05, 3.63) is 51.1 Å². The minimum atomic E-state index is -3.75. The van der Waals surface area contributed by atoms with Gasteiger partial charge >= 0.3 is 5.97 Å². The van der Waals surface area contributed by atoms with Crippen LogP contribution < -0.4 is 14.3 Å². The smallest absolute Gasteiger partial charge is 0.308 e. The van der Waals surface area contributed by atoms with E-state index in [2.05, 4.69) is 9.93 Å². The largest absolute Gasteiger partial charge is 0.490 e. The van der Waals surface area contributed by atoms with Crippen molar-refractivity contribution in [1.29, 1.82) is 0 Å². The molecule has 2 aromatic rings. The third kappa shape index (κ3) is 5.93. The third-order valence-corrected chi connectivity index (χ3v) is 5.34. The summed E-state index contributed by atoms with van der Waals surface area (Å²) in [5.41, 5.74) is 1.55. The Bertz CT molecular complexity index is 956. The lowest BCUT2D eigenvalue weighted by atomic mass is 10.2. The number of sulfonamides is 1. The van der Waals surface area contributed by atoms with E-state index in [4.69, 9.17) is 9.47 Å². The standard InChI is InChI=1S/C18H19IN2O5S/c1-4-25-17-10-14(9-16(19)18(17)26-13(3)22)11-20-21-27(23,24)15-7-5-12(2)6-8-15/h5-11,21H,4H2,1-3H3/b20-11-. The van der Waals surface area contributed by atoms with Crippen LogP contribution in [0.25, 0.3) is 0 Å². The zero-order valence-electron chi connectivity index (χ0n) is 15.0. The second kappa shape index (κ2) is 9.18. The molecule has 0 unspecified atom stereocenters. The normalized spacial score (nSPS) is 11.4. The van der Waals surface area contributed by atoms with Crippen LogP contribution >= 0.6 is 22.6 Å². The highest BCUT2D eigenvalue weighted by Gasteiger charge is 2.14. The number of ether oxygens (including phenoxy) is 2. The predicted molar refractivity (Wildman–Crippen MR) is 111 cm³/mol. The van der Waals surface area contributed by atoms with Crippen molar-refractivity contribution in [2.45, 2.75) is 25.7 Å². The van der Waals surface area contributed by atoms with Gasteiger partial charge in [0.05, 0.1) is 21.3 Å². The summed E-state index contributed by atoms with van der Waals surface area (Å²) in [5.74, 6) is 0.242. The summed E-state index contributed by atoms with van der Waals surface area (Å²) in [6, 6.07) is 9.76. The fourth-order valence-electron chi connectivity index (χ4n) is 2.11. The van der Waals surface area contributed by atoms with Gasteiger partial charge < -0.3 is 9.47 Å². The van der Waals surface area contributed by atoms with Crippen molar-refractivity contribution in [1.82, 2.24) is 4.83 Å². The summed E-state index contributed by atoms with van der Waals surface area (Å²) in [7, 11) is -3.75. The minimum absolute atomic E-state index is 0.125. The number of nitrogens with zero attached hydrogens (tertiary/aromatic N) is 1. The summed E-state index contributed by atoms with van der Waals surface area (Å²) >= 11 is 2.01. The Hall–Kier alpha value is -2.14. The highest BCUT2D eigenvalue weighted by atomic mass is 127. The van der Waals surface area contributed by atoms with Crippen molar-refractivity contribution in [3.8, 4) is 11.5 Å². The van der Waals surface area contributed by atoms with Crippen LogP contribution in [0.3, 0.4) is 0 Å². The highest BCUT2D eigenvalue weighted by Crippen LogP contribution is 2.34. The van der Waals surface area contributed by atoms with Crippen LogP contribution in [0.2, 0.25) is 0 Å². The topological polar surface area (TPSA) is 94.1 Å². The molecule has 0 amide bonds. The number of halogens is 1. The lowest BCUT2D eigenvalue weighted by Gasteiger charge is -2.12. The molecule has 0 saturated carbocycles. The molecule has 0 aliphatic heterocycles. The maximum absolute atomic E-state index is 12.2. The molecule has 0 aliphatic carbocycles. The van der Waals surface area contributed by atoms with E-state index in [9.17, 15) is 13.2 Å². The van der Waals surface area contributed by atoms with E-state index < -0.39 is 16.0 Å². The molecule has 7 nitrogen and oxygen atoms in total. The van der Waals surface area contributed by atoms with Crippen LogP contribution in [0.4, 0.5) is 0 Å². The van der Waals surface area contributed by atoms with E-state index in [1.165, 1.54) is 25.3 Å². The first-order valence-electron chi connectivity index (χ1n) is 7.99. The third-order valence-electron chi connectivity index (χ3n) is 3.30. The maximum atomic E-state index is 12.2. The summed E-state index contributed by atoms with van der Waals surface area (Å²) in [6.45, 7) is 5.37. The molecular formula is C18H19IN2O5S. The molecule has 0 aliphatic rings. The van der Waals surface area contributed by atoms with Gasteiger partial charge in [0.1, 0.15) is 0 Å². The van der Waals surface area contributed by atoms with Crippen molar-refractivity contribution in [2.75, 3.05) is 6.61 Å². The van der Waals surface area contributed by atoms with Crippen molar-refractivity contribution in [2.24, 2.45) is 5.10 Å². The Morgan fingerprint density at radius 1 is 1.26 bits per heavy atom. The minimum Gasteiger partial charge on any atom is -0.490 e. The first-order chi connectivity index (χ1) is 12.7.